The van der Waals surface area contributed by atoms with E-state index in [1.54, 1.807) is 0 Å². The lowest BCUT2D eigenvalue weighted by Crippen LogP contribution is -2.04. The highest BCUT2D eigenvalue weighted by atomic mass is 16.1. The number of carbonyl (C=O) groups is 1. The van der Waals surface area contributed by atoms with Gasteiger partial charge in [0.15, 0.2) is 0 Å². The first-order valence-corrected chi connectivity index (χ1v) is 4.35. The van der Waals surface area contributed by atoms with E-state index in [-0.39, 0.29) is 11.9 Å². The van der Waals surface area contributed by atoms with Crippen LogP contribution in [0.25, 0.3) is 0 Å². The molecule has 1 aromatic rings. The lowest BCUT2D eigenvalue weighted by molar-refractivity contribution is -0.115. The standard InChI is InChI=1S/C10H12N2O/c1-6(11)7-2-3-9-8(4-7)5-10(13)12-9/h2-4,6H,5,11H2,1H3,(H,12,13). The van der Waals surface area contributed by atoms with Gasteiger partial charge in [0.25, 0.3) is 0 Å². The van der Waals surface area contributed by atoms with Crippen molar-refractivity contribution in [3.63, 3.8) is 0 Å². The summed E-state index contributed by atoms with van der Waals surface area (Å²) in [5.41, 5.74) is 8.80. The molecule has 1 unspecified atom stereocenters. The van der Waals surface area contributed by atoms with Crippen LogP contribution in [0.15, 0.2) is 18.2 Å². The quantitative estimate of drug-likeness (QED) is 0.675. The molecule has 0 aliphatic carbocycles. The third-order valence-electron chi connectivity index (χ3n) is 2.28. The van der Waals surface area contributed by atoms with Crippen molar-refractivity contribution in [3.05, 3.63) is 29.3 Å². The number of fused-ring (bicyclic) bond motifs is 1. The highest BCUT2D eigenvalue weighted by Crippen LogP contribution is 2.25. The maximum absolute atomic E-state index is 11.0. The van der Waals surface area contributed by atoms with Crippen LogP contribution in [0.4, 0.5) is 5.69 Å². The number of nitrogens with one attached hydrogen (secondary N) is 1. The Balaban J connectivity index is 2.40. The molecule has 1 aliphatic heterocycles. The SMILES string of the molecule is CC(N)c1ccc2c(c1)CC(=O)N2. The molecule has 0 saturated heterocycles. The summed E-state index contributed by atoms with van der Waals surface area (Å²) >= 11 is 0. The Labute approximate surface area is 76.9 Å². The number of nitrogens with two attached hydrogens (primary N) is 1. The maximum atomic E-state index is 11.0. The van der Waals surface area contributed by atoms with E-state index in [0.717, 1.165) is 16.8 Å². The van der Waals surface area contributed by atoms with Crippen LogP contribution in [-0.2, 0) is 11.2 Å². The number of anilines is 1. The first kappa shape index (κ1) is 8.26. The molecule has 0 fully saturated rings. The number of hydrogen-bond donors (Lipinski definition) is 2. The van der Waals surface area contributed by atoms with Crippen LogP contribution in [0.2, 0.25) is 0 Å². The second kappa shape index (κ2) is 2.85. The second-order valence-electron chi connectivity index (χ2n) is 3.43. The van der Waals surface area contributed by atoms with Gasteiger partial charge >= 0.3 is 0 Å². The fraction of sp³-hybridized carbons (Fsp3) is 0.300. The van der Waals surface area contributed by atoms with Gasteiger partial charge < -0.3 is 11.1 Å². The first-order chi connectivity index (χ1) is 6.16. The summed E-state index contributed by atoms with van der Waals surface area (Å²) in [6.07, 6.45) is 0.482. The molecular formula is C10H12N2O. The van der Waals surface area contributed by atoms with Gasteiger partial charge in [-0.1, -0.05) is 12.1 Å². The number of carbonyl (C=O) groups excluding carboxylic acids is 1. The molecule has 0 radical (unpaired) electrons. The number of benzene rings is 1. The van der Waals surface area contributed by atoms with Crippen molar-refractivity contribution in [2.45, 2.75) is 19.4 Å². The largest absolute Gasteiger partial charge is 0.326 e. The van der Waals surface area contributed by atoms with Crippen LogP contribution >= 0.6 is 0 Å². The van der Waals surface area contributed by atoms with E-state index >= 15 is 0 Å². The molecule has 2 rings (SSSR count). The lowest BCUT2D eigenvalue weighted by atomic mass is 10.0. The zero-order chi connectivity index (χ0) is 9.42. The monoisotopic (exact) mass is 176 g/mol. The predicted octanol–water partition coefficient (Wildman–Crippen LogP) is 1.20. The molecule has 0 bridgehead atoms. The van der Waals surface area contributed by atoms with Crippen molar-refractivity contribution in [2.75, 3.05) is 5.32 Å². The zero-order valence-corrected chi connectivity index (χ0v) is 7.50. The summed E-state index contributed by atoms with van der Waals surface area (Å²) < 4.78 is 0. The molecule has 1 atom stereocenters. The summed E-state index contributed by atoms with van der Waals surface area (Å²) in [5, 5.41) is 2.78. The number of amides is 1. The minimum absolute atomic E-state index is 0.0287. The third-order valence-corrected chi connectivity index (χ3v) is 2.28. The zero-order valence-electron chi connectivity index (χ0n) is 7.50. The van der Waals surface area contributed by atoms with Gasteiger partial charge in [-0.2, -0.15) is 0 Å². The smallest absolute Gasteiger partial charge is 0.228 e. The fourth-order valence-corrected chi connectivity index (χ4v) is 1.53. The molecule has 3 N–H and O–H groups in total. The second-order valence-corrected chi connectivity index (χ2v) is 3.43. The Kier molecular flexibility index (Phi) is 1.81. The molecular weight excluding hydrogens is 164 g/mol. The summed E-state index contributed by atoms with van der Waals surface area (Å²) in [6, 6.07) is 5.90. The lowest BCUT2D eigenvalue weighted by Gasteiger charge is -2.06. The molecule has 0 spiro atoms. The van der Waals surface area contributed by atoms with Crippen molar-refractivity contribution in [1.82, 2.24) is 0 Å². The Bertz CT molecular complexity index is 358. The van der Waals surface area contributed by atoms with E-state index in [4.69, 9.17) is 5.73 Å². The van der Waals surface area contributed by atoms with Gasteiger partial charge in [0.1, 0.15) is 0 Å². The van der Waals surface area contributed by atoms with E-state index in [1.165, 1.54) is 0 Å². The van der Waals surface area contributed by atoms with Gasteiger partial charge in [-0.25, -0.2) is 0 Å². The van der Waals surface area contributed by atoms with Gasteiger partial charge in [0.05, 0.1) is 6.42 Å². The van der Waals surface area contributed by atoms with Crippen molar-refractivity contribution < 1.29 is 4.79 Å². The average molecular weight is 176 g/mol. The maximum Gasteiger partial charge on any atom is 0.228 e. The molecule has 13 heavy (non-hydrogen) atoms. The normalized spacial score (nSPS) is 16.6. The summed E-state index contributed by atoms with van der Waals surface area (Å²) in [4.78, 5) is 11.0. The van der Waals surface area contributed by atoms with Gasteiger partial charge in [0, 0.05) is 11.7 Å². The molecule has 1 heterocycles. The van der Waals surface area contributed by atoms with Crippen molar-refractivity contribution >= 4 is 11.6 Å². The molecule has 0 aromatic heterocycles. The number of hydrogen-bond acceptors (Lipinski definition) is 2. The molecule has 68 valence electrons. The fourth-order valence-electron chi connectivity index (χ4n) is 1.53. The van der Waals surface area contributed by atoms with Crippen molar-refractivity contribution in [3.8, 4) is 0 Å². The van der Waals surface area contributed by atoms with E-state index in [0.29, 0.717) is 6.42 Å². The van der Waals surface area contributed by atoms with Gasteiger partial charge in [-0.3, -0.25) is 4.79 Å². The molecule has 1 aliphatic rings. The Hall–Kier alpha value is -1.35. The summed E-state index contributed by atoms with van der Waals surface area (Å²) in [6.45, 7) is 1.94. The Morgan fingerprint density at radius 1 is 1.54 bits per heavy atom. The average Bonchev–Trinajstić information content (AvgIpc) is 2.42. The first-order valence-electron chi connectivity index (χ1n) is 4.35. The van der Waals surface area contributed by atoms with E-state index in [1.807, 2.05) is 25.1 Å². The van der Waals surface area contributed by atoms with Crippen molar-refractivity contribution in [1.29, 1.82) is 0 Å². The summed E-state index contributed by atoms with van der Waals surface area (Å²) in [7, 11) is 0. The highest BCUT2D eigenvalue weighted by molar-refractivity contribution is 5.99. The molecule has 0 saturated carbocycles. The van der Waals surface area contributed by atoms with Crippen LogP contribution < -0.4 is 11.1 Å². The van der Waals surface area contributed by atoms with E-state index in [2.05, 4.69) is 5.32 Å². The molecule has 1 amide bonds. The van der Waals surface area contributed by atoms with Gasteiger partial charge in [-0.15, -0.1) is 0 Å². The van der Waals surface area contributed by atoms with Crippen LogP contribution in [0, 0.1) is 0 Å². The Morgan fingerprint density at radius 3 is 3.00 bits per heavy atom. The highest BCUT2D eigenvalue weighted by Gasteiger charge is 2.17. The van der Waals surface area contributed by atoms with Crippen LogP contribution in [-0.4, -0.2) is 5.91 Å². The Morgan fingerprint density at radius 2 is 2.31 bits per heavy atom. The van der Waals surface area contributed by atoms with E-state index in [9.17, 15) is 4.79 Å². The van der Waals surface area contributed by atoms with Crippen LogP contribution in [0.1, 0.15) is 24.1 Å². The third kappa shape index (κ3) is 1.42. The minimum Gasteiger partial charge on any atom is -0.326 e. The number of rotatable bonds is 1. The molecule has 3 nitrogen and oxygen atoms in total. The van der Waals surface area contributed by atoms with Crippen molar-refractivity contribution in [2.24, 2.45) is 5.73 Å². The van der Waals surface area contributed by atoms with E-state index < -0.39 is 0 Å². The minimum atomic E-state index is 0.0287. The molecule has 3 heteroatoms. The van der Waals surface area contributed by atoms with Crippen LogP contribution in [0.5, 0.6) is 0 Å². The van der Waals surface area contributed by atoms with Gasteiger partial charge in [-0.05, 0) is 24.1 Å². The topological polar surface area (TPSA) is 55.1 Å². The van der Waals surface area contributed by atoms with Crippen LogP contribution in [0.3, 0.4) is 0 Å². The molecule has 1 aromatic carbocycles. The predicted molar refractivity (Wildman–Crippen MR) is 51.4 cm³/mol. The summed E-state index contributed by atoms with van der Waals surface area (Å²) in [5.74, 6) is 0.0665. The van der Waals surface area contributed by atoms with Gasteiger partial charge in [0.2, 0.25) is 5.91 Å².